The topological polar surface area (TPSA) is 9.23 Å². The Balaban J connectivity index is 1.66. The molecular formula is C18H27BrO. The number of ether oxygens (including phenoxy) is 1. The highest BCUT2D eigenvalue weighted by Gasteiger charge is 2.22. The molecule has 1 fully saturated rings. The minimum absolute atomic E-state index is 0.517. The fourth-order valence-corrected chi connectivity index (χ4v) is 3.27. The Kier molecular flexibility index (Phi) is 7.09. The molecule has 20 heavy (non-hydrogen) atoms. The molecule has 2 heteroatoms. The second kappa shape index (κ2) is 8.84. The maximum absolute atomic E-state index is 6.07. The summed E-state index contributed by atoms with van der Waals surface area (Å²) in [5.74, 6) is 0.597. The minimum Gasteiger partial charge on any atom is -0.378 e. The van der Waals surface area contributed by atoms with E-state index in [1.807, 2.05) is 0 Å². The van der Waals surface area contributed by atoms with Crippen molar-refractivity contribution in [3.63, 3.8) is 0 Å². The molecule has 0 amide bonds. The zero-order chi connectivity index (χ0) is 14.2. The van der Waals surface area contributed by atoms with Gasteiger partial charge in [-0.25, -0.2) is 0 Å². The van der Waals surface area contributed by atoms with Crippen LogP contribution in [0.15, 0.2) is 28.7 Å². The number of unbranched alkanes of at least 4 members (excludes halogenated alkanes) is 4. The van der Waals surface area contributed by atoms with Gasteiger partial charge >= 0.3 is 0 Å². The lowest BCUT2D eigenvalue weighted by atomic mass is 9.90. The van der Waals surface area contributed by atoms with Gasteiger partial charge in [0.1, 0.15) is 0 Å². The van der Waals surface area contributed by atoms with E-state index in [4.69, 9.17) is 4.74 Å². The summed E-state index contributed by atoms with van der Waals surface area (Å²) in [6.45, 7) is 3.17. The summed E-state index contributed by atoms with van der Waals surface area (Å²) >= 11 is 3.49. The van der Waals surface area contributed by atoms with Crippen LogP contribution in [0.4, 0.5) is 0 Å². The Morgan fingerprint density at radius 3 is 2.45 bits per heavy atom. The van der Waals surface area contributed by atoms with Gasteiger partial charge in [-0.1, -0.05) is 67.1 Å². The van der Waals surface area contributed by atoms with Gasteiger partial charge in [-0.15, -0.1) is 0 Å². The van der Waals surface area contributed by atoms with Crippen LogP contribution in [0.25, 0.3) is 0 Å². The lowest BCUT2D eigenvalue weighted by molar-refractivity contribution is -0.00213. The van der Waals surface area contributed by atoms with E-state index in [1.165, 1.54) is 56.9 Å². The monoisotopic (exact) mass is 338 g/mol. The molecule has 0 bridgehead atoms. The highest BCUT2D eigenvalue weighted by Crippen LogP contribution is 2.30. The molecule has 0 aliphatic carbocycles. The van der Waals surface area contributed by atoms with E-state index < -0.39 is 0 Å². The third-order valence-electron chi connectivity index (χ3n) is 4.34. The van der Waals surface area contributed by atoms with E-state index in [1.54, 1.807) is 0 Å². The van der Waals surface area contributed by atoms with E-state index >= 15 is 0 Å². The molecule has 0 saturated carbocycles. The van der Waals surface area contributed by atoms with Crippen LogP contribution in [0.5, 0.6) is 0 Å². The largest absolute Gasteiger partial charge is 0.378 e. The molecule has 1 aliphatic rings. The average Bonchev–Trinajstić information content (AvgIpc) is 2.49. The maximum atomic E-state index is 6.07. The van der Waals surface area contributed by atoms with Crippen molar-refractivity contribution in [2.75, 3.05) is 6.61 Å². The predicted molar refractivity (Wildman–Crippen MR) is 89.2 cm³/mol. The van der Waals surface area contributed by atoms with Crippen LogP contribution in [0.2, 0.25) is 0 Å². The third kappa shape index (κ3) is 5.21. The van der Waals surface area contributed by atoms with Gasteiger partial charge in [-0.3, -0.25) is 0 Å². The molecule has 112 valence electrons. The first-order valence-corrected chi connectivity index (χ1v) is 8.96. The van der Waals surface area contributed by atoms with Gasteiger partial charge in [-0.05, 0) is 37.0 Å². The van der Waals surface area contributed by atoms with Gasteiger partial charge in [0.05, 0.1) is 12.7 Å². The van der Waals surface area contributed by atoms with E-state index in [0.717, 1.165) is 11.1 Å². The van der Waals surface area contributed by atoms with Crippen molar-refractivity contribution in [2.24, 2.45) is 0 Å². The van der Waals surface area contributed by atoms with Crippen LogP contribution in [0.3, 0.4) is 0 Å². The highest BCUT2D eigenvalue weighted by molar-refractivity contribution is 9.10. The smallest absolute Gasteiger partial charge is 0.0575 e. The van der Waals surface area contributed by atoms with Gasteiger partial charge in [-0.2, -0.15) is 0 Å². The quantitative estimate of drug-likeness (QED) is 0.548. The lowest BCUT2D eigenvalue weighted by Crippen LogP contribution is -2.24. The summed E-state index contributed by atoms with van der Waals surface area (Å²) in [5, 5.41) is 0. The fourth-order valence-electron chi connectivity index (χ4n) is 3.01. The first kappa shape index (κ1) is 16.0. The number of hydrogen-bond acceptors (Lipinski definition) is 1. The van der Waals surface area contributed by atoms with Crippen molar-refractivity contribution in [3.8, 4) is 0 Å². The molecule has 1 nitrogen and oxygen atoms in total. The van der Waals surface area contributed by atoms with Crippen molar-refractivity contribution in [1.82, 2.24) is 0 Å². The molecular weight excluding hydrogens is 312 g/mol. The van der Waals surface area contributed by atoms with Crippen molar-refractivity contribution in [3.05, 3.63) is 34.3 Å². The van der Waals surface area contributed by atoms with Gasteiger partial charge < -0.3 is 4.74 Å². The third-order valence-corrected chi connectivity index (χ3v) is 4.87. The first-order chi connectivity index (χ1) is 9.79. The Morgan fingerprint density at radius 2 is 1.80 bits per heavy atom. The second-order valence-corrected chi connectivity index (χ2v) is 6.90. The summed E-state index contributed by atoms with van der Waals surface area (Å²) in [6.07, 6.45) is 11.1. The molecule has 0 N–H and O–H groups in total. The van der Waals surface area contributed by atoms with Crippen molar-refractivity contribution in [1.29, 1.82) is 0 Å². The zero-order valence-corrected chi connectivity index (χ0v) is 14.2. The standard InChI is InChI=1S/C18H27BrO/c1-2-3-4-5-6-7-18-13-10-16(14-20-18)15-8-11-17(19)12-9-15/h8-9,11-12,16,18H,2-7,10,13-14H2,1H3. The number of rotatable bonds is 7. The van der Waals surface area contributed by atoms with E-state index in [0.29, 0.717) is 12.0 Å². The van der Waals surface area contributed by atoms with E-state index in [-0.39, 0.29) is 0 Å². The molecule has 1 aliphatic heterocycles. The van der Waals surface area contributed by atoms with Crippen molar-refractivity contribution in [2.45, 2.75) is 70.3 Å². The summed E-state index contributed by atoms with van der Waals surface area (Å²) in [7, 11) is 0. The highest BCUT2D eigenvalue weighted by atomic mass is 79.9. The molecule has 1 heterocycles. The Labute approximate surface area is 132 Å². The molecule has 1 aromatic carbocycles. The summed E-state index contributed by atoms with van der Waals surface area (Å²) in [6, 6.07) is 8.72. The first-order valence-electron chi connectivity index (χ1n) is 8.16. The SMILES string of the molecule is CCCCCCCC1CCC(c2ccc(Br)cc2)CO1. The maximum Gasteiger partial charge on any atom is 0.0575 e. The van der Waals surface area contributed by atoms with Crippen molar-refractivity contribution < 1.29 is 4.74 Å². The van der Waals surface area contributed by atoms with Crippen LogP contribution in [-0.4, -0.2) is 12.7 Å². The zero-order valence-electron chi connectivity index (χ0n) is 12.6. The molecule has 1 saturated heterocycles. The van der Waals surface area contributed by atoms with Crippen LogP contribution >= 0.6 is 15.9 Å². The summed E-state index contributed by atoms with van der Waals surface area (Å²) in [5.41, 5.74) is 1.43. The molecule has 0 aromatic heterocycles. The Bertz CT molecular complexity index is 366. The predicted octanol–water partition coefficient (Wildman–Crippen LogP) is 6.07. The van der Waals surface area contributed by atoms with Gasteiger partial charge in [0.15, 0.2) is 0 Å². The van der Waals surface area contributed by atoms with Crippen LogP contribution in [0.1, 0.15) is 69.8 Å². The number of halogens is 1. The van der Waals surface area contributed by atoms with Crippen LogP contribution in [-0.2, 0) is 4.74 Å². The average molecular weight is 339 g/mol. The lowest BCUT2D eigenvalue weighted by Gasteiger charge is -2.29. The van der Waals surface area contributed by atoms with E-state index in [9.17, 15) is 0 Å². The molecule has 2 rings (SSSR count). The van der Waals surface area contributed by atoms with E-state index in [2.05, 4.69) is 47.1 Å². The van der Waals surface area contributed by atoms with Gasteiger partial charge in [0.2, 0.25) is 0 Å². The molecule has 0 radical (unpaired) electrons. The van der Waals surface area contributed by atoms with Crippen molar-refractivity contribution >= 4 is 15.9 Å². The Morgan fingerprint density at radius 1 is 1.05 bits per heavy atom. The Hall–Kier alpha value is -0.340. The summed E-state index contributed by atoms with van der Waals surface area (Å²) < 4.78 is 7.23. The molecule has 2 atom stereocenters. The molecule has 1 aromatic rings. The normalized spacial score (nSPS) is 22.9. The van der Waals surface area contributed by atoms with Gasteiger partial charge in [0.25, 0.3) is 0 Å². The van der Waals surface area contributed by atoms with Crippen LogP contribution < -0.4 is 0 Å². The molecule has 2 unspecified atom stereocenters. The number of benzene rings is 1. The van der Waals surface area contributed by atoms with Crippen LogP contribution in [0, 0.1) is 0 Å². The molecule has 0 spiro atoms. The number of hydrogen-bond donors (Lipinski definition) is 0. The van der Waals surface area contributed by atoms with Gasteiger partial charge in [0, 0.05) is 10.4 Å². The summed E-state index contributed by atoms with van der Waals surface area (Å²) in [4.78, 5) is 0. The minimum atomic E-state index is 0.517. The fraction of sp³-hybridized carbons (Fsp3) is 0.667. The second-order valence-electron chi connectivity index (χ2n) is 5.98.